The molecule has 25 heavy (non-hydrogen) atoms. The van der Waals surface area contributed by atoms with Crippen LogP contribution in [0.3, 0.4) is 0 Å². The molecule has 2 aromatic rings. The van der Waals surface area contributed by atoms with Crippen LogP contribution >= 0.6 is 0 Å². The highest BCUT2D eigenvalue weighted by molar-refractivity contribution is 5.83. The third kappa shape index (κ3) is 6.06. The van der Waals surface area contributed by atoms with E-state index in [0.717, 1.165) is 12.8 Å². The minimum Gasteiger partial charge on any atom is -0.484 e. The van der Waals surface area contributed by atoms with Gasteiger partial charge in [-0.25, -0.2) is 5.43 Å². The lowest BCUT2D eigenvalue weighted by Gasteiger charge is -2.06. The van der Waals surface area contributed by atoms with Crippen molar-refractivity contribution in [3.05, 3.63) is 69.8 Å². The van der Waals surface area contributed by atoms with Crippen molar-refractivity contribution in [2.45, 2.75) is 19.8 Å². The van der Waals surface area contributed by atoms with E-state index in [1.807, 2.05) is 24.3 Å². The number of nitro groups is 1. The zero-order valence-corrected chi connectivity index (χ0v) is 13.8. The van der Waals surface area contributed by atoms with Crippen LogP contribution in [0.25, 0.3) is 0 Å². The van der Waals surface area contributed by atoms with Gasteiger partial charge in [-0.1, -0.05) is 25.5 Å². The van der Waals surface area contributed by atoms with Gasteiger partial charge in [0, 0.05) is 12.1 Å². The van der Waals surface area contributed by atoms with E-state index in [-0.39, 0.29) is 12.3 Å². The minimum absolute atomic E-state index is 0.000425. The third-order valence-electron chi connectivity index (χ3n) is 3.34. The SMILES string of the molecule is CCCc1ccc(OCC(=O)N/N=C/c2ccc([N+](=O)[O-])cc2)cc1. The van der Waals surface area contributed by atoms with Crippen LogP contribution in [0, 0.1) is 10.1 Å². The summed E-state index contributed by atoms with van der Waals surface area (Å²) in [6.07, 6.45) is 3.49. The van der Waals surface area contributed by atoms with Crippen LogP contribution in [-0.2, 0) is 11.2 Å². The maximum absolute atomic E-state index is 11.7. The van der Waals surface area contributed by atoms with Gasteiger partial charge in [-0.2, -0.15) is 5.10 Å². The third-order valence-corrected chi connectivity index (χ3v) is 3.34. The second-order valence-electron chi connectivity index (χ2n) is 5.32. The first-order valence-electron chi connectivity index (χ1n) is 7.86. The normalized spacial score (nSPS) is 10.6. The first-order valence-corrected chi connectivity index (χ1v) is 7.86. The van der Waals surface area contributed by atoms with Crippen LogP contribution in [0.4, 0.5) is 5.69 Å². The molecular formula is C18H19N3O4. The summed E-state index contributed by atoms with van der Waals surface area (Å²) in [4.78, 5) is 21.8. The molecule has 2 rings (SSSR count). The lowest BCUT2D eigenvalue weighted by atomic mass is 10.1. The maximum atomic E-state index is 11.7. The van der Waals surface area contributed by atoms with Crippen molar-refractivity contribution in [1.82, 2.24) is 5.43 Å². The molecule has 0 aliphatic rings. The van der Waals surface area contributed by atoms with Crippen molar-refractivity contribution in [1.29, 1.82) is 0 Å². The molecule has 7 nitrogen and oxygen atoms in total. The van der Waals surface area contributed by atoms with Crippen LogP contribution in [0.2, 0.25) is 0 Å². The Kier molecular flexibility index (Phi) is 6.65. The monoisotopic (exact) mass is 341 g/mol. The lowest BCUT2D eigenvalue weighted by molar-refractivity contribution is -0.384. The number of benzene rings is 2. The van der Waals surface area contributed by atoms with Crippen molar-refractivity contribution in [2.24, 2.45) is 5.10 Å². The molecule has 0 fully saturated rings. The number of ether oxygens (including phenoxy) is 1. The minimum atomic E-state index is -0.477. The number of nitrogens with zero attached hydrogens (tertiary/aromatic N) is 2. The van der Waals surface area contributed by atoms with Gasteiger partial charge in [-0.15, -0.1) is 0 Å². The fourth-order valence-electron chi connectivity index (χ4n) is 2.08. The molecule has 130 valence electrons. The molecule has 0 bridgehead atoms. The number of nitro benzene ring substituents is 1. The molecule has 0 aliphatic carbocycles. The maximum Gasteiger partial charge on any atom is 0.277 e. The molecule has 7 heteroatoms. The number of aryl methyl sites for hydroxylation is 1. The van der Waals surface area contributed by atoms with E-state index >= 15 is 0 Å². The topological polar surface area (TPSA) is 93.8 Å². The highest BCUT2D eigenvalue weighted by atomic mass is 16.6. The Morgan fingerprint density at radius 1 is 1.20 bits per heavy atom. The molecule has 0 spiro atoms. The van der Waals surface area contributed by atoms with Gasteiger partial charge in [0.2, 0.25) is 0 Å². The Morgan fingerprint density at radius 2 is 1.88 bits per heavy atom. The van der Waals surface area contributed by atoms with Crippen molar-refractivity contribution in [3.63, 3.8) is 0 Å². The van der Waals surface area contributed by atoms with Crippen molar-refractivity contribution >= 4 is 17.8 Å². The highest BCUT2D eigenvalue weighted by Gasteiger charge is 2.03. The van der Waals surface area contributed by atoms with Gasteiger partial charge >= 0.3 is 0 Å². The molecule has 0 saturated carbocycles. The number of rotatable bonds is 8. The first kappa shape index (κ1) is 18.1. The van der Waals surface area contributed by atoms with Gasteiger partial charge in [-0.3, -0.25) is 14.9 Å². The summed E-state index contributed by atoms with van der Waals surface area (Å²) in [5, 5.41) is 14.3. The zero-order chi connectivity index (χ0) is 18.1. The summed E-state index contributed by atoms with van der Waals surface area (Å²) >= 11 is 0. The van der Waals surface area contributed by atoms with E-state index in [9.17, 15) is 14.9 Å². The van der Waals surface area contributed by atoms with Gasteiger partial charge < -0.3 is 4.74 Å². The Morgan fingerprint density at radius 3 is 2.48 bits per heavy atom. The number of amides is 1. The van der Waals surface area contributed by atoms with Gasteiger partial charge in [0.15, 0.2) is 6.61 Å². The number of nitrogens with one attached hydrogen (secondary N) is 1. The molecule has 0 atom stereocenters. The van der Waals surface area contributed by atoms with E-state index < -0.39 is 10.8 Å². The number of hydrogen-bond donors (Lipinski definition) is 1. The number of hydrazone groups is 1. The quantitative estimate of drug-likeness (QED) is 0.453. The Balaban J connectivity index is 1.77. The largest absolute Gasteiger partial charge is 0.484 e. The molecular weight excluding hydrogens is 322 g/mol. The Labute approximate surface area is 145 Å². The smallest absolute Gasteiger partial charge is 0.277 e. The number of carbonyl (C=O) groups is 1. The Hall–Kier alpha value is -3.22. The van der Waals surface area contributed by atoms with E-state index in [2.05, 4.69) is 17.5 Å². The predicted molar refractivity (Wildman–Crippen MR) is 94.8 cm³/mol. The summed E-state index contributed by atoms with van der Waals surface area (Å²) < 4.78 is 5.38. The fraction of sp³-hybridized carbons (Fsp3) is 0.222. The van der Waals surface area contributed by atoms with Crippen LogP contribution in [0.1, 0.15) is 24.5 Å². The molecule has 1 amide bonds. The molecule has 0 unspecified atom stereocenters. The highest BCUT2D eigenvalue weighted by Crippen LogP contribution is 2.13. The standard InChI is InChI=1S/C18H19N3O4/c1-2-3-14-6-10-17(11-7-14)25-13-18(22)20-19-12-15-4-8-16(9-5-15)21(23)24/h4-12H,2-3,13H2,1H3,(H,20,22)/b19-12+. The van der Waals surface area contributed by atoms with E-state index in [1.54, 1.807) is 12.1 Å². The molecule has 0 saturated heterocycles. The summed E-state index contributed by atoms with van der Waals surface area (Å²) in [5.41, 5.74) is 4.21. The average molecular weight is 341 g/mol. The van der Waals surface area contributed by atoms with Crippen LogP contribution in [0.15, 0.2) is 53.6 Å². The second kappa shape index (κ2) is 9.17. The number of hydrogen-bond acceptors (Lipinski definition) is 5. The molecule has 1 N–H and O–H groups in total. The summed E-state index contributed by atoms with van der Waals surface area (Å²) in [6.45, 7) is 1.97. The molecule has 0 aliphatic heterocycles. The van der Waals surface area contributed by atoms with Crippen molar-refractivity contribution in [2.75, 3.05) is 6.61 Å². The summed E-state index contributed by atoms with van der Waals surface area (Å²) in [7, 11) is 0. The van der Waals surface area contributed by atoms with Crippen molar-refractivity contribution < 1.29 is 14.5 Å². The van der Waals surface area contributed by atoms with Gasteiger partial charge in [0.05, 0.1) is 11.1 Å². The average Bonchev–Trinajstić information content (AvgIpc) is 2.62. The van der Waals surface area contributed by atoms with Gasteiger partial charge in [0.25, 0.3) is 11.6 Å². The number of non-ortho nitro benzene ring substituents is 1. The molecule has 0 radical (unpaired) electrons. The summed E-state index contributed by atoms with van der Waals surface area (Å²) in [5.74, 6) is 0.227. The fourth-order valence-corrected chi connectivity index (χ4v) is 2.08. The van der Waals surface area contributed by atoms with Gasteiger partial charge in [-0.05, 0) is 41.8 Å². The van der Waals surface area contributed by atoms with E-state index in [0.29, 0.717) is 11.3 Å². The molecule has 0 aromatic heterocycles. The Bertz CT molecular complexity index is 740. The van der Waals surface area contributed by atoms with Crippen LogP contribution in [0.5, 0.6) is 5.75 Å². The number of carbonyl (C=O) groups excluding carboxylic acids is 1. The van der Waals surface area contributed by atoms with Crippen molar-refractivity contribution in [3.8, 4) is 5.75 Å². The van der Waals surface area contributed by atoms with Crippen LogP contribution in [-0.4, -0.2) is 23.7 Å². The van der Waals surface area contributed by atoms with E-state index in [4.69, 9.17) is 4.74 Å². The second-order valence-corrected chi connectivity index (χ2v) is 5.32. The summed E-state index contributed by atoms with van der Waals surface area (Å²) in [6, 6.07) is 13.4. The zero-order valence-electron chi connectivity index (χ0n) is 13.8. The first-order chi connectivity index (χ1) is 12.1. The van der Waals surface area contributed by atoms with Crippen LogP contribution < -0.4 is 10.2 Å². The van der Waals surface area contributed by atoms with E-state index in [1.165, 1.54) is 23.9 Å². The lowest BCUT2D eigenvalue weighted by Crippen LogP contribution is -2.24. The predicted octanol–water partition coefficient (Wildman–Crippen LogP) is 3.08. The molecule has 2 aromatic carbocycles. The molecule has 0 heterocycles. The van der Waals surface area contributed by atoms with Gasteiger partial charge in [0.1, 0.15) is 5.75 Å².